The number of nitriles is 2. The van der Waals surface area contributed by atoms with Gasteiger partial charge in [0.2, 0.25) is 0 Å². The van der Waals surface area contributed by atoms with Gasteiger partial charge < -0.3 is 0 Å². The van der Waals surface area contributed by atoms with Crippen LogP contribution in [-0.2, 0) is 0 Å². The second kappa shape index (κ2) is 6.02. The largest absolute Gasteiger partial charge is 0.423 e. The van der Waals surface area contributed by atoms with Crippen molar-refractivity contribution in [1.82, 2.24) is 0 Å². The molecule has 0 spiro atoms. The summed E-state index contributed by atoms with van der Waals surface area (Å²) in [5.41, 5.74) is -4.00. The van der Waals surface area contributed by atoms with Gasteiger partial charge in [-0.3, -0.25) is 30.3 Å². The Morgan fingerprint density at radius 2 is 1.41 bits per heavy atom. The van der Waals surface area contributed by atoms with Crippen molar-refractivity contribution < 1.29 is 14.8 Å². The summed E-state index contributed by atoms with van der Waals surface area (Å²) in [5, 5.41) is 52.3. The van der Waals surface area contributed by atoms with Crippen molar-refractivity contribution in [3.63, 3.8) is 0 Å². The molecule has 0 saturated carbocycles. The number of fused-ring (bicyclic) bond motifs is 3. The van der Waals surface area contributed by atoms with Crippen molar-refractivity contribution in [2.75, 3.05) is 0 Å². The highest BCUT2D eigenvalue weighted by Gasteiger charge is 2.43. The predicted molar refractivity (Wildman–Crippen MR) is 89.3 cm³/mol. The SMILES string of the molecule is N#CC(C#N)=c1c([N+](=O)[O-])c([N+](=O)[O-])c([N+](=O)[O-])c2c1=Cc1ccccc1-2. The summed E-state index contributed by atoms with van der Waals surface area (Å²) in [6.07, 6.45) is 1.33. The normalized spacial score (nSPS) is 10.6. The molecule has 2 aromatic carbocycles. The van der Waals surface area contributed by atoms with Gasteiger partial charge in [0.05, 0.1) is 25.6 Å². The zero-order valence-corrected chi connectivity index (χ0v) is 13.1. The Hall–Kier alpha value is -4.64. The Morgan fingerprint density at radius 1 is 0.852 bits per heavy atom. The molecule has 0 aromatic heterocycles. The first kappa shape index (κ1) is 17.2. The molecular weight excluding hydrogens is 358 g/mol. The van der Waals surface area contributed by atoms with E-state index < -0.39 is 42.6 Å². The summed E-state index contributed by atoms with van der Waals surface area (Å²) in [4.78, 5) is 31.2. The number of benzene rings is 2. The number of hydrogen-bond acceptors (Lipinski definition) is 8. The molecule has 0 fully saturated rings. The number of nitrogens with zero attached hydrogens (tertiary/aromatic N) is 5. The molecule has 0 radical (unpaired) electrons. The van der Waals surface area contributed by atoms with Crippen LogP contribution >= 0.6 is 0 Å². The van der Waals surface area contributed by atoms with Gasteiger partial charge in [-0.15, -0.1) is 0 Å². The third-order valence-corrected chi connectivity index (χ3v) is 4.01. The van der Waals surface area contributed by atoms with Crippen LogP contribution in [0.1, 0.15) is 5.56 Å². The maximum absolute atomic E-state index is 11.6. The Labute approximate surface area is 148 Å². The molecule has 0 N–H and O–H groups in total. The molecule has 27 heavy (non-hydrogen) atoms. The Balaban J connectivity index is 2.83. The van der Waals surface area contributed by atoms with E-state index in [0.29, 0.717) is 5.56 Å². The number of rotatable bonds is 3. The number of hydrogen-bond donors (Lipinski definition) is 0. The zero-order valence-electron chi connectivity index (χ0n) is 13.1. The van der Waals surface area contributed by atoms with Crippen molar-refractivity contribution in [2.45, 2.75) is 0 Å². The van der Waals surface area contributed by atoms with Gasteiger partial charge >= 0.3 is 17.1 Å². The fourth-order valence-electron chi connectivity index (χ4n) is 3.07. The maximum Gasteiger partial charge on any atom is 0.423 e. The van der Waals surface area contributed by atoms with Crippen LogP contribution in [0.3, 0.4) is 0 Å². The lowest BCUT2D eigenvalue weighted by Crippen LogP contribution is -2.32. The molecule has 2 aromatic rings. The van der Waals surface area contributed by atoms with Crippen LogP contribution in [-0.4, -0.2) is 14.8 Å². The van der Waals surface area contributed by atoms with Gasteiger partial charge in [-0.1, -0.05) is 24.3 Å². The van der Waals surface area contributed by atoms with Crippen molar-refractivity contribution >= 4 is 28.7 Å². The van der Waals surface area contributed by atoms with Gasteiger partial charge in [-0.05, 0) is 17.2 Å². The van der Waals surface area contributed by atoms with Crippen molar-refractivity contribution in [1.29, 1.82) is 10.5 Å². The van der Waals surface area contributed by atoms with Crippen LogP contribution in [0.4, 0.5) is 17.1 Å². The Morgan fingerprint density at radius 3 is 1.93 bits per heavy atom. The average molecular weight is 363 g/mol. The van der Waals surface area contributed by atoms with Gasteiger partial charge in [-0.25, -0.2) is 0 Å². The second-order valence-electron chi connectivity index (χ2n) is 5.31. The van der Waals surface area contributed by atoms with Crippen LogP contribution in [0, 0.1) is 53.0 Å². The van der Waals surface area contributed by atoms with E-state index in [-0.39, 0.29) is 16.3 Å². The molecule has 1 aliphatic rings. The van der Waals surface area contributed by atoms with Gasteiger partial charge in [0, 0.05) is 5.22 Å². The summed E-state index contributed by atoms with van der Waals surface area (Å²) in [6.45, 7) is 0. The average Bonchev–Trinajstić information content (AvgIpc) is 3.00. The molecule has 0 saturated heterocycles. The zero-order chi connectivity index (χ0) is 19.9. The summed E-state index contributed by atoms with van der Waals surface area (Å²) in [5.74, 6) is 0. The van der Waals surface area contributed by atoms with Gasteiger partial charge in [-0.2, -0.15) is 10.5 Å². The lowest BCUT2D eigenvalue weighted by Gasteiger charge is -2.05. The van der Waals surface area contributed by atoms with Crippen LogP contribution in [0.5, 0.6) is 0 Å². The minimum absolute atomic E-state index is 0.140. The maximum atomic E-state index is 11.6. The summed E-state index contributed by atoms with van der Waals surface area (Å²) in [6, 6.07) is 9.11. The van der Waals surface area contributed by atoms with E-state index in [1.807, 2.05) is 0 Å². The molecule has 1 aliphatic carbocycles. The minimum Gasteiger partial charge on any atom is -0.258 e. The quantitative estimate of drug-likeness (QED) is 0.495. The van der Waals surface area contributed by atoms with E-state index in [9.17, 15) is 40.9 Å². The minimum atomic E-state index is -1.37. The van der Waals surface area contributed by atoms with Crippen molar-refractivity contribution in [3.05, 3.63) is 70.6 Å². The van der Waals surface area contributed by atoms with E-state index >= 15 is 0 Å². The molecule has 3 rings (SSSR count). The van der Waals surface area contributed by atoms with E-state index in [1.165, 1.54) is 30.3 Å². The molecule has 0 heterocycles. The third-order valence-electron chi connectivity index (χ3n) is 4.01. The first-order valence-electron chi connectivity index (χ1n) is 7.12. The van der Waals surface area contributed by atoms with Gasteiger partial charge in [0.25, 0.3) is 0 Å². The monoisotopic (exact) mass is 363 g/mol. The molecule has 0 aliphatic heterocycles. The fraction of sp³-hybridized carbons (Fsp3) is 0. The molecule has 11 nitrogen and oxygen atoms in total. The second-order valence-corrected chi connectivity index (χ2v) is 5.31. The smallest absolute Gasteiger partial charge is 0.258 e. The van der Waals surface area contributed by atoms with E-state index in [0.717, 1.165) is 0 Å². The molecule has 130 valence electrons. The van der Waals surface area contributed by atoms with Gasteiger partial charge in [0.1, 0.15) is 17.7 Å². The van der Waals surface area contributed by atoms with Crippen LogP contribution in [0.2, 0.25) is 0 Å². The van der Waals surface area contributed by atoms with E-state index in [4.69, 9.17) is 0 Å². The molecule has 0 unspecified atom stereocenters. The number of nitro benzene ring substituents is 3. The highest BCUT2D eigenvalue weighted by atomic mass is 16.6. The first-order chi connectivity index (χ1) is 12.8. The lowest BCUT2D eigenvalue weighted by atomic mass is 9.98. The topological polar surface area (TPSA) is 177 Å². The fourth-order valence-corrected chi connectivity index (χ4v) is 3.07. The summed E-state index contributed by atoms with van der Waals surface area (Å²) >= 11 is 0. The predicted octanol–water partition coefficient (Wildman–Crippen LogP) is 1.42. The molecular formula is C16H5N5O6. The van der Waals surface area contributed by atoms with E-state index in [1.54, 1.807) is 12.1 Å². The molecule has 0 bridgehead atoms. The third kappa shape index (κ3) is 2.35. The van der Waals surface area contributed by atoms with Crippen molar-refractivity contribution in [3.8, 4) is 23.3 Å². The summed E-state index contributed by atoms with van der Waals surface area (Å²) in [7, 11) is 0. The van der Waals surface area contributed by atoms with Gasteiger partial charge in [0.15, 0.2) is 0 Å². The highest BCUT2D eigenvalue weighted by Crippen LogP contribution is 2.42. The standard InChI is InChI=1S/C16H5N5O6/c17-6-9(7-18)12-11-5-8-3-1-2-4-10(8)13(11)15(20(24)25)16(21(26)27)14(12)19(22)23/h1-5H. The Kier molecular flexibility index (Phi) is 3.83. The van der Waals surface area contributed by atoms with Crippen LogP contribution in [0.15, 0.2) is 24.3 Å². The first-order valence-corrected chi connectivity index (χ1v) is 7.12. The molecule has 0 amide bonds. The highest BCUT2D eigenvalue weighted by molar-refractivity contribution is 5.95. The molecule has 0 atom stereocenters. The van der Waals surface area contributed by atoms with Crippen LogP contribution < -0.4 is 10.4 Å². The van der Waals surface area contributed by atoms with Crippen LogP contribution in [0.25, 0.3) is 22.8 Å². The van der Waals surface area contributed by atoms with E-state index in [2.05, 4.69) is 0 Å². The molecule has 11 heteroatoms. The number of nitro groups is 3. The Bertz CT molecular complexity index is 1270. The lowest BCUT2D eigenvalue weighted by molar-refractivity contribution is -0.441. The van der Waals surface area contributed by atoms with Crippen molar-refractivity contribution in [2.24, 2.45) is 0 Å². The summed E-state index contributed by atoms with van der Waals surface area (Å²) < 4.78 is 0.